The molecule has 1 aliphatic heterocycles. The predicted molar refractivity (Wildman–Crippen MR) is 174 cm³/mol. The number of fused-ring (bicyclic) bond motifs is 1. The maximum Gasteiger partial charge on any atom is 0.251 e. The Morgan fingerprint density at radius 1 is 0.816 bits per heavy atom. The molecular weight excluding hydrogens is 638 g/mol. The van der Waals surface area contributed by atoms with Gasteiger partial charge in [0.25, 0.3) is 5.91 Å². The van der Waals surface area contributed by atoms with Crippen molar-refractivity contribution in [1.82, 2.24) is 14.7 Å². The van der Waals surface area contributed by atoms with Crippen molar-refractivity contribution < 1.29 is 36.7 Å². The zero-order chi connectivity index (χ0) is 34.5. The van der Waals surface area contributed by atoms with Gasteiger partial charge in [0.1, 0.15) is 23.0 Å². The standard InChI is InChI=1S/C38H33F4N3O4/c39-30-9-6-27(38(48)44-21-24-4-8-31(40)33(42)16-24)17-28(30)19-36(47)34-22-43-37-20-26(10-13-45(34)37)25-5-7-29(32(41)18-25)35(46)3-1-2-23-11-14-49-15-12-23/h4-10,13,16-18,20,22-23H,1-3,11-12,14-15,19,21H2,(H,44,48). The normalized spacial score (nSPS) is 13.5. The van der Waals surface area contributed by atoms with Crippen LogP contribution in [0.2, 0.25) is 0 Å². The number of hydrogen-bond donors (Lipinski definition) is 1. The Morgan fingerprint density at radius 2 is 1.59 bits per heavy atom. The molecule has 0 unspecified atom stereocenters. The van der Waals surface area contributed by atoms with Gasteiger partial charge in [-0.15, -0.1) is 0 Å². The van der Waals surface area contributed by atoms with Gasteiger partial charge in [0.15, 0.2) is 23.2 Å². The number of halogens is 4. The van der Waals surface area contributed by atoms with Crippen LogP contribution in [0.5, 0.6) is 0 Å². The zero-order valence-corrected chi connectivity index (χ0v) is 26.5. The fourth-order valence-electron chi connectivity index (χ4n) is 6.06. The van der Waals surface area contributed by atoms with E-state index in [-0.39, 0.29) is 47.6 Å². The molecule has 11 heteroatoms. The molecule has 3 heterocycles. The molecule has 3 aromatic carbocycles. The van der Waals surface area contributed by atoms with E-state index in [4.69, 9.17) is 4.74 Å². The van der Waals surface area contributed by atoms with Crippen molar-refractivity contribution in [3.05, 3.63) is 130 Å². The lowest BCUT2D eigenvalue weighted by molar-refractivity contribution is 0.0629. The van der Waals surface area contributed by atoms with E-state index in [0.717, 1.165) is 50.7 Å². The minimum atomic E-state index is -1.04. The third-order valence-electron chi connectivity index (χ3n) is 8.85. The van der Waals surface area contributed by atoms with Gasteiger partial charge in [0.05, 0.1) is 11.8 Å². The van der Waals surface area contributed by atoms with Crippen molar-refractivity contribution in [3.63, 3.8) is 0 Å². The number of nitrogens with one attached hydrogen (secondary N) is 1. The summed E-state index contributed by atoms with van der Waals surface area (Å²) in [4.78, 5) is 43.0. The smallest absolute Gasteiger partial charge is 0.251 e. The van der Waals surface area contributed by atoms with Crippen LogP contribution in [0.1, 0.15) is 74.4 Å². The average Bonchev–Trinajstić information content (AvgIpc) is 3.53. The Morgan fingerprint density at radius 3 is 2.37 bits per heavy atom. The van der Waals surface area contributed by atoms with Crippen LogP contribution in [-0.4, -0.2) is 40.1 Å². The highest BCUT2D eigenvalue weighted by Gasteiger charge is 2.19. The first-order chi connectivity index (χ1) is 23.7. The molecule has 0 aliphatic carbocycles. The van der Waals surface area contributed by atoms with Gasteiger partial charge < -0.3 is 10.1 Å². The van der Waals surface area contributed by atoms with Crippen molar-refractivity contribution >= 4 is 23.1 Å². The number of ketones is 2. The summed E-state index contributed by atoms with van der Waals surface area (Å²) in [6.45, 7) is 1.42. The van der Waals surface area contributed by atoms with Crippen LogP contribution < -0.4 is 5.32 Å². The first-order valence-electron chi connectivity index (χ1n) is 16.1. The minimum absolute atomic E-state index is 0.00857. The van der Waals surface area contributed by atoms with Crippen LogP contribution in [-0.2, 0) is 17.7 Å². The summed E-state index contributed by atoms with van der Waals surface area (Å²) in [6.07, 6.45) is 6.51. The van der Waals surface area contributed by atoms with E-state index < -0.39 is 35.0 Å². The van der Waals surface area contributed by atoms with E-state index >= 15 is 4.39 Å². The predicted octanol–water partition coefficient (Wildman–Crippen LogP) is 7.69. The Bertz CT molecular complexity index is 2040. The van der Waals surface area contributed by atoms with Gasteiger partial charge in [-0.2, -0.15) is 0 Å². The first kappa shape index (κ1) is 33.7. The molecule has 0 atom stereocenters. The average molecular weight is 672 g/mol. The number of amides is 1. The van der Waals surface area contributed by atoms with Crippen LogP contribution in [0, 0.1) is 29.2 Å². The highest BCUT2D eigenvalue weighted by atomic mass is 19.2. The summed E-state index contributed by atoms with van der Waals surface area (Å²) in [5.74, 6) is -4.04. The number of carbonyl (C=O) groups excluding carboxylic acids is 3. The first-order valence-corrected chi connectivity index (χ1v) is 16.1. The Hall–Kier alpha value is -5.16. The lowest BCUT2D eigenvalue weighted by Gasteiger charge is -2.21. The van der Waals surface area contributed by atoms with Crippen LogP contribution in [0.15, 0.2) is 79.1 Å². The molecule has 0 saturated carbocycles. The summed E-state index contributed by atoms with van der Waals surface area (Å²) in [6, 6.07) is 14.7. The third kappa shape index (κ3) is 7.94. The molecule has 0 spiro atoms. The minimum Gasteiger partial charge on any atom is -0.381 e. The maximum atomic E-state index is 15.1. The van der Waals surface area contributed by atoms with Crippen molar-refractivity contribution in [3.8, 4) is 11.1 Å². The number of carbonyl (C=O) groups is 3. The van der Waals surface area contributed by atoms with Gasteiger partial charge in [-0.25, -0.2) is 22.5 Å². The Balaban J connectivity index is 1.10. The van der Waals surface area contributed by atoms with E-state index in [1.807, 2.05) is 0 Å². The quantitative estimate of drug-likeness (QED) is 0.109. The van der Waals surface area contributed by atoms with Crippen LogP contribution in [0.3, 0.4) is 0 Å². The SMILES string of the molecule is O=C(NCc1ccc(F)c(F)c1)c1ccc(F)c(CC(=O)c2cnc3cc(-c4ccc(C(=O)CCCC5CCOCC5)c(F)c4)ccn23)c1. The van der Waals surface area contributed by atoms with Crippen molar-refractivity contribution in [2.24, 2.45) is 5.92 Å². The highest BCUT2D eigenvalue weighted by molar-refractivity contribution is 5.98. The number of nitrogens with zero attached hydrogens (tertiary/aromatic N) is 2. The largest absolute Gasteiger partial charge is 0.381 e. The van der Waals surface area contributed by atoms with Crippen molar-refractivity contribution in [2.45, 2.75) is 45.1 Å². The maximum absolute atomic E-state index is 15.1. The van der Waals surface area contributed by atoms with Crippen LogP contribution in [0.4, 0.5) is 17.6 Å². The molecule has 5 aromatic rings. The van der Waals surface area contributed by atoms with Crippen LogP contribution in [0.25, 0.3) is 16.8 Å². The van der Waals surface area contributed by atoms with Gasteiger partial charge in [0, 0.05) is 44.4 Å². The molecule has 6 rings (SSSR count). The number of rotatable bonds is 12. The molecule has 1 aliphatic rings. The molecule has 252 valence electrons. The molecule has 1 amide bonds. The second-order valence-corrected chi connectivity index (χ2v) is 12.2. The van der Waals surface area contributed by atoms with Gasteiger partial charge in [-0.05, 0) is 108 Å². The number of ether oxygens (including phenoxy) is 1. The van der Waals surface area contributed by atoms with Gasteiger partial charge in [-0.3, -0.25) is 18.8 Å². The molecular formula is C38H33F4N3O4. The fourth-order valence-corrected chi connectivity index (χ4v) is 6.06. The van der Waals surface area contributed by atoms with E-state index in [2.05, 4.69) is 10.3 Å². The van der Waals surface area contributed by atoms with Gasteiger partial charge in [0.2, 0.25) is 0 Å². The second kappa shape index (κ2) is 14.9. The molecule has 1 N–H and O–H groups in total. The molecule has 2 aromatic heterocycles. The van der Waals surface area contributed by atoms with E-state index in [1.165, 1.54) is 40.9 Å². The molecule has 0 radical (unpaired) electrons. The lowest BCUT2D eigenvalue weighted by Crippen LogP contribution is -2.23. The Labute approximate surface area is 279 Å². The summed E-state index contributed by atoms with van der Waals surface area (Å²) in [5, 5.41) is 2.57. The van der Waals surface area contributed by atoms with E-state index in [9.17, 15) is 27.6 Å². The highest BCUT2D eigenvalue weighted by Crippen LogP contribution is 2.26. The topological polar surface area (TPSA) is 89.8 Å². The monoisotopic (exact) mass is 671 g/mol. The van der Waals surface area contributed by atoms with Crippen LogP contribution >= 0.6 is 0 Å². The number of pyridine rings is 1. The van der Waals surface area contributed by atoms with Gasteiger partial charge >= 0.3 is 0 Å². The fraction of sp³-hybridized carbons (Fsp3) is 0.263. The van der Waals surface area contributed by atoms with E-state index in [0.29, 0.717) is 34.7 Å². The summed E-state index contributed by atoms with van der Waals surface area (Å²) < 4.78 is 63.4. The third-order valence-corrected chi connectivity index (χ3v) is 8.85. The number of aromatic nitrogens is 2. The Kier molecular flexibility index (Phi) is 10.3. The van der Waals surface area contributed by atoms with E-state index in [1.54, 1.807) is 24.4 Å². The zero-order valence-electron chi connectivity index (χ0n) is 26.5. The number of Topliss-reactive ketones (excluding diaryl/α,β-unsaturated/α-hetero) is 2. The molecule has 0 bridgehead atoms. The van der Waals surface area contributed by atoms with Crippen molar-refractivity contribution in [2.75, 3.05) is 13.2 Å². The van der Waals surface area contributed by atoms with Crippen molar-refractivity contribution in [1.29, 1.82) is 0 Å². The second-order valence-electron chi connectivity index (χ2n) is 12.2. The summed E-state index contributed by atoms with van der Waals surface area (Å²) >= 11 is 0. The summed E-state index contributed by atoms with van der Waals surface area (Å²) in [5.41, 5.74) is 2.23. The lowest BCUT2D eigenvalue weighted by atomic mass is 9.92. The molecule has 1 saturated heterocycles. The molecule has 49 heavy (non-hydrogen) atoms. The number of imidazole rings is 1. The number of benzene rings is 3. The van der Waals surface area contributed by atoms with Gasteiger partial charge in [-0.1, -0.05) is 12.1 Å². The number of hydrogen-bond acceptors (Lipinski definition) is 5. The molecule has 7 nitrogen and oxygen atoms in total. The summed E-state index contributed by atoms with van der Waals surface area (Å²) in [7, 11) is 0. The molecule has 1 fully saturated rings.